The number of likely N-dealkylation sites (tertiary alicyclic amines) is 1. The Hall–Kier alpha value is -1.50. The van der Waals surface area contributed by atoms with E-state index in [1.54, 1.807) is 11.8 Å². The number of piperidine rings is 1. The number of halogens is 1. The lowest BCUT2D eigenvalue weighted by Crippen LogP contribution is -2.55. The summed E-state index contributed by atoms with van der Waals surface area (Å²) < 4.78 is 25.3. The molecule has 3 fully saturated rings. The molecule has 3 atom stereocenters. The topological polar surface area (TPSA) is 68.5 Å². The number of rotatable bonds is 2. The zero-order chi connectivity index (χ0) is 15.3. The highest BCUT2D eigenvalue weighted by molar-refractivity contribution is 5.86. The SMILES string of the molecule is Cc1nc([C@H]2C[C@@H]3CCN(C(=O)C4(F)CCC4)C[C@H]3O2)no1. The molecule has 3 aliphatic rings. The molecule has 0 unspecified atom stereocenters. The fraction of sp³-hybridized carbons (Fsp3) is 0.800. The molecular formula is C15H20FN3O3. The summed E-state index contributed by atoms with van der Waals surface area (Å²) in [5.41, 5.74) is -1.62. The van der Waals surface area contributed by atoms with E-state index in [4.69, 9.17) is 9.26 Å². The van der Waals surface area contributed by atoms with Gasteiger partial charge < -0.3 is 14.2 Å². The van der Waals surface area contributed by atoms with Gasteiger partial charge in [-0.05, 0) is 38.0 Å². The van der Waals surface area contributed by atoms with Gasteiger partial charge in [0.25, 0.3) is 5.91 Å². The Kier molecular flexibility index (Phi) is 3.21. The number of nitrogens with zero attached hydrogens (tertiary/aromatic N) is 3. The number of amides is 1. The third kappa shape index (κ3) is 2.22. The first kappa shape index (κ1) is 14.1. The van der Waals surface area contributed by atoms with E-state index in [1.165, 1.54) is 0 Å². The highest BCUT2D eigenvalue weighted by Crippen LogP contribution is 2.42. The highest BCUT2D eigenvalue weighted by atomic mass is 19.1. The number of carbonyl (C=O) groups excluding carboxylic acids is 1. The van der Waals surface area contributed by atoms with Crippen molar-refractivity contribution in [3.63, 3.8) is 0 Å². The van der Waals surface area contributed by atoms with Crippen LogP contribution in [-0.4, -0.2) is 45.8 Å². The molecule has 0 bridgehead atoms. The Morgan fingerprint density at radius 3 is 2.91 bits per heavy atom. The molecular weight excluding hydrogens is 289 g/mol. The van der Waals surface area contributed by atoms with E-state index in [0.29, 0.717) is 43.6 Å². The molecule has 7 heteroatoms. The second kappa shape index (κ2) is 5.01. The average molecular weight is 309 g/mol. The van der Waals surface area contributed by atoms with Crippen LogP contribution in [0.25, 0.3) is 0 Å². The first-order valence-corrected chi connectivity index (χ1v) is 7.99. The molecule has 0 aromatic carbocycles. The number of hydrogen-bond donors (Lipinski definition) is 0. The van der Waals surface area contributed by atoms with Crippen LogP contribution < -0.4 is 0 Å². The summed E-state index contributed by atoms with van der Waals surface area (Å²) in [5.74, 6) is 1.13. The van der Waals surface area contributed by atoms with Crippen LogP contribution in [0.15, 0.2) is 4.52 Å². The van der Waals surface area contributed by atoms with Gasteiger partial charge in [-0.1, -0.05) is 5.16 Å². The van der Waals surface area contributed by atoms with E-state index in [-0.39, 0.29) is 18.1 Å². The van der Waals surface area contributed by atoms with E-state index in [2.05, 4.69) is 10.1 Å². The summed E-state index contributed by atoms with van der Waals surface area (Å²) in [6.45, 7) is 2.84. The van der Waals surface area contributed by atoms with Gasteiger partial charge >= 0.3 is 0 Å². The van der Waals surface area contributed by atoms with Gasteiger partial charge in [0.15, 0.2) is 5.67 Å². The van der Waals surface area contributed by atoms with Crippen LogP contribution in [0.1, 0.15) is 49.9 Å². The maximum absolute atomic E-state index is 14.3. The standard InChI is InChI=1S/C15H20FN3O3/c1-9-17-13(18-22-9)11-7-10-3-6-19(8-12(10)21-11)14(20)15(16)4-2-5-15/h10-12H,2-8H2,1H3/t10-,11+,12+/m0/s1. The number of alkyl halides is 1. The Bertz CT molecular complexity index is 586. The Balaban J connectivity index is 1.42. The first-order chi connectivity index (χ1) is 10.5. The van der Waals surface area contributed by atoms with Crippen molar-refractivity contribution in [3.8, 4) is 0 Å². The molecule has 120 valence electrons. The summed E-state index contributed by atoms with van der Waals surface area (Å²) in [6, 6.07) is 0. The van der Waals surface area contributed by atoms with Gasteiger partial charge in [-0.3, -0.25) is 4.79 Å². The zero-order valence-electron chi connectivity index (χ0n) is 12.6. The van der Waals surface area contributed by atoms with Crippen LogP contribution in [0.3, 0.4) is 0 Å². The lowest BCUT2D eigenvalue weighted by molar-refractivity contribution is -0.154. The molecule has 0 spiro atoms. The van der Waals surface area contributed by atoms with Crippen molar-refractivity contribution in [1.29, 1.82) is 0 Å². The van der Waals surface area contributed by atoms with Gasteiger partial charge in [0, 0.05) is 20.0 Å². The average Bonchev–Trinajstić information content (AvgIpc) is 3.08. The molecule has 2 saturated heterocycles. The predicted molar refractivity (Wildman–Crippen MR) is 73.6 cm³/mol. The Morgan fingerprint density at radius 1 is 1.45 bits per heavy atom. The van der Waals surface area contributed by atoms with Crippen molar-refractivity contribution >= 4 is 5.91 Å². The Morgan fingerprint density at radius 2 is 2.27 bits per heavy atom. The van der Waals surface area contributed by atoms with E-state index < -0.39 is 5.67 Å². The minimum atomic E-state index is -1.62. The molecule has 2 aliphatic heterocycles. The molecule has 22 heavy (non-hydrogen) atoms. The minimum absolute atomic E-state index is 0.0508. The maximum Gasteiger partial charge on any atom is 0.260 e. The van der Waals surface area contributed by atoms with E-state index in [1.807, 2.05) is 0 Å². The van der Waals surface area contributed by atoms with Gasteiger partial charge in [0.05, 0.1) is 6.10 Å². The second-order valence-corrected chi connectivity index (χ2v) is 6.69. The lowest BCUT2D eigenvalue weighted by Gasteiger charge is -2.41. The van der Waals surface area contributed by atoms with Crippen LogP contribution in [0, 0.1) is 12.8 Å². The molecule has 6 nitrogen and oxygen atoms in total. The summed E-state index contributed by atoms with van der Waals surface area (Å²) in [4.78, 5) is 18.2. The van der Waals surface area contributed by atoms with Crippen LogP contribution in [0.5, 0.6) is 0 Å². The highest BCUT2D eigenvalue weighted by Gasteiger charge is 2.50. The normalized spacial score (nSPS) is 33.4. The van der Waals surface area contributed by atoms with Gasteiger partial charge in [-0.15, -0.1) is 0 Å². The molecule has 1 aromatic rings. The van der Waals surface area contributed by atoms with Crippen LogP contribution in [0.2, 0.25) is 0 Å². The van der Waals surface area contributed by atoms with Crippen molar-refractivity contribution < 1.29 is 18.4 Å². The van der Waals surface area contributed by atoms with Gasteiger partial charge in [-0.2, -0.15) is 4.98 Å². The quantitative estimate of drug-likeness (QED) is 0.835. The summed E-state index contributed by atoms with van der Waals surface area (Å²) in [5, 5.41) is 3.92. The fourth-order valence-corrected chi connectivity index (χ4v) is 3.71. The van der Waals surface area contributed by atoms with Gasteiger partial charge in [0.2, 0.25) is 11.7 Å². The van der Waals surface area contributed by atoms with Crippen molar-refractivity contribution in [2.75, 3.05) is 13.1 Å². The molecule has 1 saturated carbocycles. The molecule has 3 heterocycles. The van der Waals surface area contributed by atoms with Crippen molar-refractivity contribution in [1.82, 2.24) is 15.0 Å². The Labute approximate surface area is 128 Å². The fourth-order valence-electron chi connectivity index (χ4n) is 3.71. The number of aromatic nitrogens is 2. The lowest BCUT2D eigenvalue weighted by atomic mass is 9.80. The van der Waals surface area contributed by atoms with Crippen LogP contribution in [-0.2, 0) is 9.53 Å². The summed E-state index contributed by atoms with van der Waals surface area (Å²) in [7, 11) is 0. The number of ether oxygens (including phenoxy) is 1. The predicted octanol–water partition coefficient (Wildman–Crippen LogP) is 1.95. The third-order valence-corrected chi connectivity index (χ3v) is 5.20. The number of carbonyl (C=O) groups is 1. The van der Waals surface area contributed by atoms with Crippen molar-refractivity contribution in [2.24, 2.45) is 5.92 Å². The third-order valence-electron chi connectivity index (χ3n) is 5.20. The largest absolute Gasteiger partial charge is 0.365 e. The monoisotopic (exact) mass is 309 g/mol. The van der Waals surface area contributed by atoms with Crippen LogP contribution >= 0.6 is 0 Å². The van der Waals surface area contributed by atoms with E-state index in [0.717, 1.165) is 19.3 Å². The van der Waals surface area contributed by atoms with Crippen molar-refractivity contribution in [2.45, 2.75) is 56.9 Å². The van der Waals surface area contributed by atoms with Crippen LogP contribution in [0.4, 0.5) is 4.39 Å². The van der Waals surface area contributed by atoms with E-state index >= 15 is 0 Å². The number of aryl methyl sites for hydroxylation is 1. The molecule has 4 rings (SSSR count). The minimum Gasteiger partial charge on any atom is -0.365 e. The molecule has 1 amide bonds. The summed E-state index contributed by atoms with van der Waals surface area (Å²) >= 11 is 0. The molecule has 1 aromatic heterocycles. The zero-order valence-corrected chi connectivity index (χ0v) is 12.6. The summed E-state index contributed by atoms with van der Waals surface area (Å²) in [6.07, 6.45) is 2.99. The van der Waals surface area contributed by atoms with E-state index in [9.17, 15) is 9.18 Å². The number of hydrogen-bond acceptors (Lipinski definition) is 5. The molecule has 0 radical (unpaired) electrons. The first-order valence-electron chi connectivity index (χ1n) is 7.99. The van der Waals surface area contributed by atoms with Gasteiger partial charge in [-0.25, -0.2) is 4.39 Å². The maximum atomic E-state index is 14.3. The smallest absolute Gasteiger partial charge is 0.260 e. The van der Waals surface area contributed by atoms with Crippen molar-refractivity contribution in [3.05, 3.63) is 11.7 Å². The molecule has 0 N–H and O–H groups in total. The molecule has 1 aliphatic carbocycles. The second-order valence-electron chi connectivity index (χ2n) is 6.69. The number of fused-ring (bicyclic) bond motifs is 1. The van der Waals surface area contributed by atoms with Gasteiger partial charge in [0.1, 0.15) is 6.10 Å².